The minimum absolute atomic E-state index is 0.0517. The Balaban J connectivity index is 2.22. The fourth-order valence-electron chi connectivity index (χ4n) is 1.74. The van der Waals surface area contributed by atoms with Crippen molar-refractivity contribution in [3.05, 3.63) is 59.4 Å². The van der Waals surface area contributed by atoms with Crippen LogP contribution in [0.1, 0.15) is 15.9 Å². The van der Waals surface area contributed by atoms with Crippen LogP contribution >= 0.6 is 11.8 Å². The predicted octanol–water partition coefficient (Wildman–Crippen LogP) is 4.11. The van der Waals surface area contributed by atoms with Crippen molar-refractivity contribution >= 4 is 23.4 Å². The van der Waals surface area contributed by atoms with Crippen LogP contribution in [-0.2, 0) is 0 Å². The number of carbonyl (C=O) groups is 1. The molecular weight excluding hydrogens is 261 g/mol. The Morgan fingerprint density at radius 3 is 2.58 bits per heavy atom. The second-order valence-electron chi connectivity index (χ2n) is 4.11. The fraction of sp³-hybridized carbons (Fsp3) is 0.133. The molecule has 0 aliphatic heterocycles. The summed E-state index contributed by atoms with van der Waals surface area (Å²) in [7, 11) is 0. The van der Waals surface area contributed by atoms with Crippen molar-refractivity contribution in [2.45, 2.75) is 11.8 Å². The van der Waals surface area contributed by atoms with E-state index in [2.05, 4.69) is 5.32 Å². The molecule has 98 valence electrons. The number of rotatable bonds is 3. The third-order valence-electron chi connectivity index (χ3n) is 2.80. The smallest absolute Gasteiger partial charge is 0.258 e. The molecule has 0 aliphatic carbocycles. The SMILES string of the molecule is CSc1ccc(NC(=O)c2ccccc2F)c(C)c1. The van der Waals surface area contributed by atoms with E-state index in [9.17, 15) is 9.18 Å². The van der Waals surface area contributed by atoms with Gasteiger partial charge in [0.05, 0.1) is 5.56 Å². The lowest BCUT2D eigenvalue weighted by Gasteiger charge is -2.10. The number of nitrogens with one attached hydrogen (secondary N) is 1. The third-order valence-corrected chi connectivity index (χ3v) is 3.53. The lowest BCUT2D eigenvalue weighted by atomic mass is 10.1. The minimum atomic E-state index is -0.515. The summed E-state index contributed by atoms with van der Waals surface area (Å²) in [4.78, 5) is 13.1. The maximum atomic E-state index is 13.5. The molecule has 1 amide bonds. The second-order valence-corrected chi connectivity index (χ2v) is 4.99. The van der Waals surface area contributed by atoms with Gasteiger partial charge in [0.15, 0.2) is 0 Å². The van der Waals surface area contributed by atoms with Crippen LogP contribution in [0.3, 0.4) is 0 Å². The summed E-state index contributed by atoms with van der Waals surface area (Å²) in [6, 6.07) is 11.7. The topological polar surface area (TPSA) is 29.1 Å². The summed E-state index contributed by atoms with van der Waals surface area (Å²) in [6.45, 7) is 1.91. The molecule has 2 rings (SSSR count). The Hall–Kier alpha value is -1.81. The largest absolute Gasteiger partial charge is 0.322 e. The van der Waals surface area contributed by atoms with E-state index < -0.39 is 11.7 Å². The Morgan fingerprint density at radius 2 is 1.95 bits per heavy atom. The van der Waals surface area contributed by atoms with Gasteiger partial charge < -0.3 is 5.32 Å². The Bertz CT molecular complexity index is 613. The number of halogens is 1. The van der Waals surface area contributed by atoms with Crippen molar-refractivity contribution in [1.29, 1.82) is 0 Å². The summed E-state index contributed by atoms with van der Waals surface area (Å²) in [5.41, 5.74) is 1.71. The van der Waals surface area contributed by atoms with Gasteiger partial charge in [-0.1, -0.05) is 12.1 Å². The standard InChI is InChI=1S/C15H14FNOS/c1-10-9-11(19-2)7-8-14(10)17-15(18)12-5-3-4-6-13(12)16/h3-9H,1-2H3,(H,17,18). The number of hydrogen-bond donors (Lipinski definition) is 1. The zero-order valence-corrected chi connectivity index (χ0v) is 11.6. The van der Waals surface area contributed by atoms with Gasteiger partial charge in [0.1, 0.15) is 5.82 Å². The summed E-state index contributed by atoms with van der Waals surface area (Å²) < 4.78 is 13.5. The lowest BCUT2D eigenvalue weighted by Crippen LogP contribution is -2.14. The van der Waals surface area contributed by atoms with Crippen molar-refractivity contribution < 1.29 is 9.18 Å². The number of benzene rings is 2. The summed E-state index contributed by atoms with van der Waals surface area (Å²) in [5, 5.41) is 2.73. The molecule has 0 unspecified atom stereocenters. The van der Waals surface area contributed by atoms with E-state index in [0.717, 1.165) is 10.5 Å². The summed E-state index contributed by atoms with van der Waals surface area (Å²) in [5.74, 6) is -0.948. The molecule has 19 heavy (non-hydrogen) atoms. The van der Waals surface area contributed by atoms with Crippen molar-refractivity contribution in [2.75, 3.05) is 11.6 Å². The van der Waals surface area contributed by atoms with Gasteiger partial charge in [-0.05, 0) is 49.1 Å². The monoisotopic (exact) mass is 275 g/mol. The Kier molecular flexibility index (Phi) is 4.22. The van der Waals surface area contributed by atoms with Gasteiger partial charge in [0, 0.05) is 10.6 Å². The molecule has 4 heteroatoms. The Labute approximate surface area is 116 Å². The predicted molar refractivity (Wildman–Crippen MR) is 77.3 cm³/mol. The lowest BCUT2D eigenvalue weighted by molar-refractivity contribution is 0.102. The number of hydrogen-bond acceptors (Lipinski definition) is 2. The molecule has 2 aromatic rings. The first-order valence-electron chi connectivity index (χ1n) is 5.82. The van der Waals surface area contributed by atoms with Crippen molar-refractivity contribution in [3.63, 3.8) is 0 Å². The van der Waals surface area contributed by atoms with Crippen LogP contribution in [0.15, 0.2) is 47.4 Å². The molecule has 0 radical (unpaired) electrons. The van der Waals surface area contributed by atoms with Gasteiger partial charge in [0.2, 0.25) is 0 Å². The molecule has 2 aromatic carbocycles. The quantitative estimate of drug-likeness (QED) is 0.854. The Morgan fingerprint density at radius 1 is 1.21 bits per heavy atom. The molecule has 0 bridgehead atoms. The average molecular weight is 275 g/mol. The molecule has 0 aliphatic rings. The molecule has 0 spiro atoms. The highest BCUT2D eigenvalue weighted by atomic mass is 32.2. The van der Waals surface area contributed by atoms with E-state index in [-0.39, 0.29) is 5.56 Å². The van der Waals surface area contributed by atoms with Gasteiger partial charge in [0.25, 0.3) is 5.91 Å². The highest BCUT2D eigenvalue weighted by Gasteiger charge is 2.11. The molecule has 1 N–H and O–H groups in total. The zero-order valence-electron chi connectivity index (χ0n) is 10.7. The molecule has 0 atom stereocenters. The van der Waals surface area contributed by atoms with E-state index in [4.69, 9.17) is 0 Å². The van der Waals surface area contributed by atoms with Crippen molar-refractivity contribution in [2.24, 2.45) is 0 Å². The van der Waals surface area contributed by atoms with Crippen molar-refractivity contribution in [1.82, 2.24) is 0 Å². The number of anilines is 1. The first-order valence-corrected chi connectivity index (χ1v) is 7.05. The highest BCUT2D eigenvalue weighted by Crippen LogP contribution is 2.23. The van der Waals surface area contributed by atoms with E-state index in [1.54, 1.807) is 23.9 Å². The van der Waals surface area contributed by atoms with Gasteiger partial charge in [-0.3, -0.25) is 4.79 Å². The van der Waals surface area contributed by atoms with E-state index >= 15 is 0 Å². The van der Waals surface area contributed by atoms with E-state index in [1.807, 2.05) is 31.4 Å². The van der Waals surface area contributed by atoms with Crippen LogP contribution in [0.4, 0.5) is 10.1 Å². The summed E-state index contributed by atoms with van der Waals surface area (Å²) in [6.07, 6.45) is 1.99. The summed E-state index contributed by atoms with van der Waals surface area (Å²) >= 11 is 1.64. The highest BCUT2D eigenvalue weighted by molar-refractivity contribution is 7.98. The van der Waals surface area contributed by atoms with E-state index in [1.165, 1.54) is 12.1 Å². The molecular formula is C15H14FNOS. The van der Waals surface area contributed by atoms with E-state index in [0.29, 0.717) is 5.69 Å². The van der Waals surface area contributed by atoms with Crippen molar-refractivity contribution in [3.8, 4) is 0 Å². The van der Waals surface area contributed by atoms with Gasteiger partial charge >= 0.3 is 0 Å². The minimum Gasteiger partial charge on any atom is -0.322 e. The number of aryl methyl sites for hydroxylation is 1. The third kappa shape index (κ3) is 3.15. The maximum Gasteiger partial charge on any atom is 0.258 e. The molecule has 0 aromatic heterocycles. The van der Waals surface area contributed by atoms with Crippen LogP contribution in [0, 0.1) is 12.7 Å². The molecule has 0 heterocycles. The second kappa shape index (κ2) is 5.89. The fourth-order valence-corrected chi connectivity index (χ4v) is 2.24. The normalized spacial score (nSPS) is 10.3. The number of amides is 1. The molecule has 2 nitrogen and oxygen atoms in total. The van der Waals surface area contributed by atoms with Gasteiger partial charge in [-0.25, -0.2) is 4.39 Å². The zero-order chi connectivity index (χ0) is 13.8. The van der Waals surface area contributed by atoms with Gasteiger partial charge in [-0.15, -0.1) is 11.8 Å². The first-order chi connectivity index (χ1) is 9.11. The average Bonchev–Trinajstić information content (AvgIpc) is 2.41. The molecule has 0 saturated heterocycles. The number of carbonyl (C=O) groups excluding carboxylic acids is 1. The number of thioether (sulfide) groups is 1. The maximum absolute atomic E-state index is 13.5. The van der Waals surface area contributed by atoms with Crippen LogP contribution in [-0.4, -0.2) is 12.2 Å². The molecule has 0 saturated carbocycles. The first kappa shape index (κ1) is 13.6. The van der Waals surface area contributed by atoms with Crippen LogP contribution in [0.25, 0.3) is 0 Å². The van der Waals surface area contributed by atoms with Crippen LogP contribution in [0.5, 0.6) is 0 Å². The molecule has 0 fully saturated rings. The van der Waals surface area contributed by atoms with Crippen LogP contribution in [0.2, 0.25) is 0 Å². The van der Waals surface area contributed by atoms with Gasteiger partial charge in [-0.2, -0.15) is 0 Å². The van der Waals surface area contributed by atoms with Crippen LogP contribution < -0.4 is 5.32 Å².